The summed E-state index contributed by atoms with van der Waals surface area (Å²) in [6.07, 6.45) is 3.58. The molecule has 0 radical (unpaired) electrons. The normalized spacial score (nSPS) is 23.6. The second kappa shape index (κ2) is 6.00. The van der Waals surface area contributed by atoms with Crippen molar-refractivity contribution in [1.29, 1.82) is 0 Å². The van der Waals surface area contributed by atoms with Gasteiger partial charge < -0.3 is 19.0 Å². The van der Waals surface area contributed by atoms with Crippen LogP contribution in [0.25, 0.3) is 0 Å². The van der Waals surface area contributed by atoms with Crippen molar-refractivity contribution >= 4 is 11.8 Å². The number of rotatable bonds is 4. The molecule has 2 aliphatic heterocycles. The second-order valence-corrected chi connectivity index (χ2v) is 6.67. The van der Waals surface area contributed by atoms with E-state index >= 15 is 0 Å². The summed E-state index contributed by atoms with van der Waals surface area (Å²) in [4.78, 5) is 28.1. The van der Waals surface area contributed by atoms with E-state index in [1.807, 2.05) is 14.0 Å². The van der Waals surface area contributed by atoms with E-state index in [-0.39, 0.29) is 29.6 Å². The van der Waals surface area contributed by atoms with Crippen LogP contribution in [0.3, 0.4) is 0 Å². The van der Waals surface area contributed by atoms with Gasteiger partial charge in [0.1, 0.15) is 11.7 Å². The van der Waals surface area contributed by atoms with Crippen molar-refractivity contribution in [1.82, 2.24) is 9.80 Å². The van der Waals surface area contributed by atoms with Gasteiger partial charge in [-0.2, -0.15) is 0 Å². The number of likely N-dealkylation sites (N-methyl/N-ethyl adjacent to an activating group) is 1. The predicted molar refractivity (Wildman–Crippen MR) is 84.0 cm³/mol. The molecule has 2 amide bonds. The molecule has 6 nitrogen and oxygen atoms in total. The van der Waals surface area contributed by atoms with Crippen molar-refractivity contribution < 1.29 is 18.7 Å². The summed E-state index contributed by atoms with van der Waals surface area (Å²) >= 11 is 0. The summed E-state index contributed by atoms with van der Waals surface area (Å²) < 4.78 is 11.2. The number of carbonyl (C=O) groups excluding carboxylic acids is 2. The minimum atomic E-state index is -0.380. The van der Waals surface area contributed by atoms with Crippen LogP contribution in [0.5, 0.6) is 0 Å². The standard InChI is InChI=1S/C17H24N2O4/c1-4-12(2)18(3)15(20)14-7-8-17(23-14)10-19(11-17)16(21)13-6-5-9-22-13/h5-6,9,12,14H,4,7-8,10-11H2,1-3H3. The van der Waals surface area contributed by atoms with Gasteiger partial charge in [-0.3, -0.25) is 9.59 Å². The topological polar surface area (TPSA) is 63.0 Å². The van der Waals surface area contributed by atoms with Crippen LogP contribution in [-0.4, -0.2) is 59.5 Å². The second-order valence-electron chi connectivity index (χ2n) is 6.67. The third-order valence-corrected chi connectivity index (χ3v) is 5.11. The molecule has 1 spiro atoms. The molecule has 6 heteroatoms. The molecule has 126 valence electrons. The van der Waals surface area contributed by atoms with Gasteiger partial charge in [0.2, 0.25) is 0 Å². The SMILES string of the molecule is CCC(C)N(C)C(=O)C1CCC2(CN(C(=O)c3ccco3)C2)O1. The fraction of sp³-hybridized carbons (Fsp3) is 0.647. The lowest BCUT2D eigenvalue weighted by Gasteiger charge is -2.47. The number of furan rings is 1. The number of likely N-dealkylation sites (tertiary alicyclic amines) is 1. The summed E-state index contributed by atoms with van der Waals surface area (Å²) in [5.74, 6) is 0.282. The lowest BCUT2D eigenvalue weighted by Crippen LogP contribution is -2.63. The van der Waals surface area contributed by atoms with Crippen molar-refractivity contribution in [3.63, 3.8) is 0 Å². The van der Waals surface area contributed by atoms with Gasteiger partial charge in [0.15, 0.2) is 5.76 Å². The first-order chi connectivity index (χ1) is 11.0. The fourth-order valence-electron chi connectivity index (χ4n) is 3.29. The highest BCUT2D eigenvalue weighted by Gasteiger charge is 2.53. The lowest BCUT2D eigenvalue weighted by atomic mass is 9.90. The molecule has 0 aromatic carbocycles. The van der Waals surface area contributed by atoms with Crippen LogP contribution in [0.4, 0.5) is 0 Å². The van der Waals surface area contributed by atoms with Gasteiger partial charge in [0, 0.05) is 13.1 Å². The van der Waals surface area contributed by atoms with E-state index in [1.165, 1.54) is 6.26 Å². The molecule has 0 saturated carbocycles. The minimum Gasteiger partial charge on any atom is -0.459 e. The predicted octanol–water partition coefficient (Wildman–Crippen LogP) is 1.91. The smallest absolute Gasteiger partial charge is 0.289 e. The molecule has 3 rings (SSSR count). The molecule has 0 aliphatic carbocycles. The maximum absolute atomic E-state index is 12.5. The molecule has 23 heavy (non-hydrogen) atoms. The summed E-state index contributed by atoms with van der Waals surface area (Å²) in [5.41, 5.74) is -0.348. The molecule has 1 aromatic heterocycles. The summed E-state index contributed by atoms with van der Waals surface area (Å²) in [6, 6.07) is 3.57. The highest BCUT2D eigenvalue weighted by molar-refractivity contribution is 5.92. The Labute approximate surface area is 136 Å². The molecule has 2 saturated heterocycles. The summed E-state index contributed by atoms with van der Waals surface area (Å²) in [5, 5.41) is 0. The first kappa shape index (κ1) is 16.1. The van der Waals surface area contributed by atoms with E-state index in [1.54, 1.807) is 21.9 Å². The number of amides is 2. The van der Waals surface area contributed by atoms with E-state index in [9.17, 15) is 9.59 Å². The van der Waals surface area contributed by atoms with Gasteiger partial charge in [-0.15, -0.1) is 0 Å². The van der Waals surface area contributed by atoms with E-state index in [0.717, 1.165) is 19.3 Å². The van der Waals surface area contributed by atoms with Crippen LogP contribution in [0.15, 0.2) is 22.8 Å². The first-order valence-electron chi connectivity index (χ1n) is 8.23. The maximum atomic E-state index is 12.5. The van der Waals surface area contributed by atoms with E-state index in [2.05, 4.69) is 6.92 Å². The van der Waals surface area contributed by atoms with Crippen molar-refractivity contribution in [3.8, 4) is 0 Å². The van der Waals surface area contributed by atoms with Crippen molar-refractivity contribution in [3.05, 3.63) is 24.2 Å². The molecule has 2 aliphatic rings. The average molecular weight is 320 g/mol. The molecule has 2 unspecified atom stereocenters. The van der Waals surface area contributed by atoms with E-state index in [4.69, 9.17) is 9.15 Å². The van der Waals surface area contributed by atoms with Crippen LogP contribution < -0.4 is 0 Å². The van der Waals surface area contributed by atoms with Crippen LogP contribution >= 0.6 is 0 Å². The highest BCUT2D eigenvalue weighted by atomic mass is 16.5. The molecule has 3 heterocycles. The Morgan fingerprint density at radius 1 is 1.48 bits per heavy atom. The monoisotopic (exact) mass is 320 g/mol. The number of hydrogen-bond acceptors (Lipinski definition) is 4. The van der Waals surface area contributed by atoms with Crippen molar-refractivity contribution in [2.24, 2.45) is 0 Å². The Kier molecular flexibility index (Phi) is 4.19. The van der Waals surface area contributed by atoms with Gasteiger partial charge >= 0.3 is 0 Å². The maximum Gasteiger partial charge on any atom is 0.289 e. The minimum absolute atomic E-state index is 0.0482. The van der Waals surface area contributed by atoms with E-state index < -0.39 is 0 Å². The van der Waals surface area contributed by atoms with Gasteiger partial charge in [-0.1, -0.05) is 6.92 Å². The van der Waals surface area contributed by atoms with Gasteiger partial charge in [-0.05, 0) is 38.3 Å². The molecule has 1 aromatic rings. The first-order valence-corrected chi connectivity index (χ1v) is 8.23. The van der Waals surface area contributed by atoms with Gasteiger partial charge in [0.25, 0.3) is 11.8 Å². The van der Waals surface area contributed by atoms with Crippen molar-refractivity contribution in [2.75, 3.05) is 20.1 Å². The van der Waals surface area contributed by atoms with Crippen LogP contribution in [0, 0.1) is 0 Å². The van der Waals surface area contributed by atoms with Gasteiger partial charge in [-0.25, -0.2) is 0 Å². The Morgan fingerprint density at radius 3 is 2.83 bits per heavy atom. The summed E-state index contributed by atoms with van der Waals surface area (Å²) in [7, 11) is 1.83. The number of ether oxygens (including phenoxy) is 1. The highest BCUT2D eigenvalue weighted by Crippen LogP contribution is 2.39. The Morgan fingerprint density at radius 2 is 2.22 bits per heavy atom. The Bertz CT molecular complexity index is 577. The molecule has 0 N–H and O–H groups in total. The lowest BCUT2D eigenvalue weighted by molar-refractivity contribution is -0.159. The fourth-order valence-corrected chi connectivity index (χ4v) is 3.29. The quantitative estimate of drug-likeness (QED) is 0.850. The molecule has 2 fully saturated rings. The largest absolute Gasteiger partial charge is 0.459 e. The average Bonchev–Trinajstić information content (AvgIpc) is 3.19. The van der Waals surface area contributed by atoms with E-state index in [0.29, 0.717) is 18.8 Å². The van der Waals surface area contributed by atoms with Crippen LogP contribution in [0.2, 0.25) is 0 Å². The summed E-state index contributed by atoms with van der Waals surface area (Å²) in [6.45, 7) is 5.16. The Balaban J connectivity index is 1.55. The van der Waals surface area contributed by atoms with Crippen LogP contribution in [0.1, 0.15) is 43.7 Å². The third-order valence-electron chi connectivity index (χ3n) is 5.11. The third kappa shape index (κ3) is 2.87. The number of hydrogen-bond donors (Lipinski definition) is 0. The molecule has 2 atom stereocenters. The zero-order valence-electron chi connectivity index (χ0n) is 13.9. The van der Waals surface area contributed by atoms with Gasteiger partial charge in [0.05, 0.1) is 19.4 Å². The molecular weight excluding hydrogens is 296 g/mol. The number of nitrogens with zero attached hydrogens (tertiary/aromatic N) is 2. The molecule has 0 bridgehead atoms. The Hall–Kier alpha value is -1.82. The molecular formula is C17H24N2O4. The van der Waals surface area contributed by atoms with Crippen LogP contribution in [-0.2, 0) is 9.53 Å². The zero-order valence-corrected chi connectivity index (χ0v) is 13.9. The van der Waals surface area contributed by atoms with Crippen molar-refractivity contribution in [2.45, 2.75) is 50.9 Å². The zero-order chi connectivity index (χ0) is 16.6. The number of carbonyl (C=O) groups is 2.